The number of hydrogen-bond donors (Lipinski definition) is 0. The van der Waals surface area contributed by atoms with E-state index < -0.39 is 0 Å². The van der Waals surface area contributed by atoms with Crippen molar-refractivity contribution in [2.24, 2.45) is 11.8 Å². The Balaban J connectivity index is 1.51. The predicted octanol–water partition coefficient (Wildman–Crippen LogP) is 4.72. The quantitative estimate of drug-likeness (QED) is 0.749. The third-order valence-electron chi connectivity index (χ3n) is 6.48. The Hall–Kier alpha value is -0.795. The van der Waals surface area contributed by atoms with Crippen molar-refractivity contribution in [1.29, 1.82) is 0 Å². The fourth-order valence-electron chi connectivity index (χ4n) is 5.08. The van der Waals surface area contributed by atoms with Crippen LogP contribution < -0.4 is 5.46 Å². The summed E-state index contributed by atoms with van der Waals surface area (Å²) in [6.45, 7) is 0. The average molecular weight is 326 g/mol. The van der Waals surface area contributed by atoms with Gasteiger partial charge >= 0.3 is 7.12 Å². The lowest BCUT2D eigenvalue weighted by Gasteiger charge is -2.43. The largest absolute Gasteiger partial charge is 0.494 e. The molecule has 0 aromatic heterocycles. The van der Waals surface area contributed by atoms with Crippen LogP contribution in [0, 0.1) is 11.8 Å². The van der Waals surface area contributed by atoms with Crippen molar-refractivity contribution in [3.63, 3.8) is 0 Å². The summed E-state index contributed by atoms with van der Waals surface area (Å²) in [4.78, 5) is 0. The lowest BCUT2D eigenvalue weighted by molar-refractivity contribution is -0.0416. The van der Waals surface area contributed by atoms with Crippen molar-refractivity contribution >= 4 is 12.6 Å². The zero-order valence-electron chi connectivity index (χ0n) is 14.9. The van der Waals surface area contributed by atoms with E-state index in [1.165, 1.54) is 69.7 Å². The molecule has 0 spiro atoms. The van der Waals surface area contributed by atoms with Gasteiger partial charge in [0, 0.05) is 12.2 Å². The second-order valence-corrected chi connectivity index (χ2v) is 8.12. The Labute approximate surface area is 147 Å². The maximum absolute atomic E-state index is 6.51. The molecule has 3 fully saturated rings. The van der Waals surface area contributed by atoms with E-state index in [-0.39, 0.29) is 7.12 Å². The Kier molecular flexibility index (Phi) is 5.59. The topological polar surface area (TPSA) is 18.5 Å². The first-order valence-corrected chi connectivity index (χ1v) is 10.3. The smallest absolute Gasteiger partial charge is 0.404 e. The van der Waals surface area contributed by atoms with Crippen molar-refractivity contribution in [2.75, 3.05) is 0 Å². The Morgan fingerprint density at radius 3 is 1.67 bits per heavy atom. The van der Waals surface area contributed by atoms with Gasteiger partial charge in [-0.1, -0.05) is 68.9 Å². The molecule has 4 rings (SSSR count). The van der Waals surface area contributed by atoms with Crippen LogP contribution in [0.5, 0.6) is 0 Å². The summed E-state index contributed by atoms with van der Waals surface area (Å²) in [5, 5.41) is 0. The molecule has 3 heteroatoms. The van der Waals surface area contributed by atoms with E-state index in [0.717, 1.165) is 18.3 Å². The summed E-state index contributed by atoms with van der Waals surface area (Å²) in [7, 11) is -0.154. The predicted molar refractivity (Wildman–Crippen MR) is 99.3 cm³/mol. The van der Waals surface area contributed by atoms with Gasteiger partial charge in [-0.15, -0.1) is 0 Å². The van der Waals surface area contributed by atoms with Crippen LogP contribution >= 0.6 is 0 Å². The van der Waals surface area contributed by atoms with E-state index in [1.54, 1.807) is 0 Å². The average Bonchev–Trinajstić information content (AvgIpc) is 2.70. The van der Waals surface area contributed by atoms with Gasteiger partial charge in [0.05, 0.1) is 0 Å². The zero-order valence-corrected chi connectivity index (χ0v) is 14.9. The summed E-state index contributed by atoms with van der Waals surface area (Å²) in [5.74, 6) is 1.50. The molecular formula is C21H31BO2. The molecule has 2 saturated carbocycles. The van der Waals surface area contributed by atoms with Crippen LogP contribution in [0.15, 0.2) is 30.3 Å². The van der Waals surface area contributed by atoms with E-state index in [4.69, 9.17) is 9.31 Å². The molecule has 2 nitrogen and oxygen atoms in total. The molecule has 0 N–H and O–H groups in total. The summed E-state index contributed by atoms with van der Waals surface area (Å²) in [6.07, 6.45) is 15.7. The van der Waals surface area contributed by atoms with Crippen LogP contribution in [0.4, 0.5) is 0 Å². The fourth-order valence-corrected chi connectivity index (χ4v) is 5.08. The van der Waals surface area contributed by atoms with Gasteiger partial charge < -0.3 is 9.31 Å². The van der Waals surface area contributed by atoms with E-state index >= 15 is 0 Å². The normalized spacial score (nSPS) is 30.4. The van der Waals surface area contributed by atoms with Gasteiger partial charge in [0.25, 0.3) is 0 Å². The maximum Gasteiger partial charge on any atom is 0.494 e. The highest BCUT2D eigenvalue weighted by atomic mass is 16.6. The monoisotopic (exact) mass is 326 g/mol. The van der Waals surface area contributed by atoms with Gasteiger partial charge in [0.15, 0.2) is 0 Å². The fraction of sp³-hybridized carbons (Fsp3) is 0.714. The highest BCUT2D eigenvalue weighted by molar-refractivity contribution is 6.61. The van der Waals surface area contributed by atoms with Crippen molar-refractivity contribution in [3.8, 4) is 0 Å². The molecule has 130 valence electrons. The lowest BCUT2D eigenvalue weighted by atomic mass is 9.71. The number of benzene rings is 1. The minimum absolute atomic E-state index is 0.154. The molecule has 1 aliphatic heterocycles. The van der Waals surface area contributed by atoms with E-state index in [9.17, 15) is 0 Å². The highest BCUT2D eigenvalue weighted by Crippen LogP contribution is 2.37. The van der Waals surface area contributed by atoms with Crippen molar-refractivity contribution in [2.45, 2.75) is 82.8 Å². The molecule has 2 aliphatic carbocycles. The van der Waals surface area contributed by atoms with Gasteiger partial charge in [-0.25, -0.2) is 0 Å². The van der Waals surface area contributed by atoms with Crippen LogP contribution in [0.25, 0.3) is 0 Å². The third-order valence-corrected chi connectivity index (χ3v) is 6.48. The molecule has 1 aromatic rings. The minimum Gasteiger partial charge on any atom is -0.404 e. The maximum atomic E-state index is 6.51. The van der Waals surface area contributed by atoms with Crippen LogP contribution in [-0.2, 0) is 9.31 Å². The number of hydrogen-bond acceptors (Lipinski definition) is 2. The van der Waals surface area contributed by atoms with Gasteiger partial charge in [-0.3, -0.25) is 0 Å². The molecular weight excluding hydrogens is 295 g/mol. The minimum atomic E-state index is -0.154. The summed E-state index contributed by atoms with van der Waals surface area (Å²) in [6, 6.07) is 10.6. The molecule has 0 bridgehead atoms. The first-order valence-electron chi connectivity index (χ1n) is 10.3. The molecule has 2 unspecified atom stereocenters. The molecule has 3 aliphatic rings. The number of rotatable bonds is 3. The van der Waals surface area contributed by atoms with Crippen molar-refractivity contribution < 1.29 is 9.31 Å². The molecule has 24 heavy (non-hydrogen) atoms. The Morgan fingerprint density at radius 1 is 0.667 bits per heavy atom. The molecule has 0 amide bonds. The molecule has 1 heterocycles. The van der Waals surface area contributed by atoms with Gasteiger partial charge in [-0.05, 0) is 49.4 Å². The first kappa shape index (κ1) is 16.7. The van der Waals surface area contributed by atoms with E-state index in [1.807, 2.05) is 0 Å². The molecule has 1 aromatic carbocycles. The highest BCUT2D eigenvalue weighted by Gasteiger charge is 2.41. The summed E-state index contributed by atoms with van der Waals surface area (Å²) < 4.78 is 13.0. The van der Waals surface area contributed by atoms with Crippen LogP contribution in [0.3, 0.4) is 0 Å². The van der Waals surface area contributed by atoms with E-state index in [2.05, 4.69) is 30.3 Å². The second-order valence-electron chi connectivity index (χ2n) is 8.12. The van der Waals surface area contributed by atoms with Crippen LogP contribution in [-0.4, -0.2) is 19.3 Å². The summed E-state index contributed by atoms with van der Waals surface area (Å²) >= 11 is 0. The molecule has 1 saturated heterocycles. The van der Waals surface area contributed by atoms with Gasteiger partial charge in [0.2, 0.25) is 0 Å². The van der Waals surface area contributed by atoms with Crippen molar-refractivity contribution in [3.05, 3.63) is 30.3 Å². The lowest BCUT2D eigenvalue weighted by Crippen LogP contribution is -2.52. The van der Waals surface area contributed by atoms with Crippen molar-refractivity contribution in [1.82, 2.24) is 0 Å². The van der Waals surface area contributed by atoms with Crippen LogP contribution in [0.2, 0.25) is 0 Å². The molecule has 2 atom stereocenters. The van der Waals surface area contributed by atoms with E-state index in [0.29, 0.717) is 12.2 Å². The zero-order chi connectivity index (χ0) is 16.2. The second kappa shape index (κ2) is 8.06. The first-order chi connectivity index (χ1) is 11.9. The summed E-state index contributed by atoms with van der Waals surface area (Å²) in [5.41, 5.74) is 1.19. The Bertz CT molecular complexity index is 468. The Morgan fingerprint density at radius 2 is 1.17 bits per heavy atom. The third kappa shape index (κ3) is 3.88. The standard InChI is InChI=1S/C21H31BO2/c1-4-10-17(11-5-1)20-16-21(18-12-6-2-7-13-18)24-22(23-20)19-14-8-3-9-15-19/h3,8-9,14-15,17-18,20-21H,1-2,4-7,10-13,16H2. The van der Waals surface area contributed by atoms with Crippen LogP contribution in [0.1, 0.15) is 70.6 Å². The van der Waals surface area contributed by atoms with Gasteiger partial charge in [0.1, 0.15) is 0 Å². The van der Waals surface area contributed by atoms with Gasteiger partial charge in [-0.2, -0.15) is 0 Å². The molecule has 0 radical (unpaired) electrons. The SMILES string of the molecule is c1ccc(B2OC(C3CCCCC3)CC(C3CCCCC3)O2)cc1.